The standard InChI is InChI=1S/C18H19NO4/c1-10(2)11-3-5-12(6-4-11)19-9-18-8-7-13(23-18)14(17(21)22)15(18)16(19)20/h3-8,10,13-15H,9H2,1-2H3,(H,21,22)/p-1/t13-,14-,15-,18+/m0/s1. The van der Waals surface area contributed by atoms with Gasteiger partial charge in [-0.2, -0.15) is 0 Å². The van der Waals surface area contributed by atoms with Gasteiger partial charge >= 0.3 is 0 Å². The number of benzene rings is 1. The van der Waals surface area contributed by atoms with Gasteiger partial charge in [0.15, 0.2) is 0 Å². The molecule has 2 bridgehead atoms. The fraction of sp³-hybridized carbons (Fsp3) is 0.444. The second-order valence-electron chi connectivity index (χ2n) is 6.89. The first-order valence-electron chi connectivity index (χ1n) is 7.92. The Morgan fingerprint density at radius 3 is 2.65 bits per heavy atom. The van der Waals surface area contributed by atoms with E-state index < -0.39 is 29.5 Å². The van der Waals surface area contributed by atoms with Crippen molar-refractivity contribution in [2.24, 2.45) is 11.8 Å². The van der Waals surface area contributed by atoms with E-state index in [1.165, 1.54) is 5.56 Å². The number of carbonyl (C=O) groups is 2. The van der Waals surface area contributed by atoms with Crippen molar-refractivity contribution in [2.45, 2.75) is 31.5 Å². The summed E-state index contributed by atoms with van der Waals surface area (Å²) in [7, 11) is 0. The van der Waals surface area contributed by atoms with Crippen molar-refractivity contribution >= 4 is 17.6 Å². The Morgan fingerprint density at radius 1 is 1.35 bits per heavy atom. The predicted octanol–water partition coefficient (Wildman–Crippen LogP) is 0.846. The highest BCUT2D eigenvalue weighted by molar-refractivity contribution is 6.02. The van der Waals surface area contributed by atoms with E-state index in [1.54, 1.807) is 11.0 Å². The molecule has 3 aliphatic rings. The lowest BCUT2D eigenvalue weighted by atomic mass is 9.77. The fourth-order valence-electron chi connectivity index (χ4n) is 4.03. The molecule has 1 amide bonds. The van der Waals surface area contributed by atoms with Crippen LogP contribution in [-0.4, -0.2) is 30.1 Å². The van der Waals surface area contributed by atoms with Crippen LogP contribution in [0, 0.1) is 11.8 Å². The predicted molar refractivity (Wildman–Crippen MR) is 81.6 cm³/mol. The van der Waals surface area contributed by atoms with Gasteiger partial charge in [0.05, 0.1) is 18.6 Å². The molecule has 0 aromatic heterocycles. The Labute approximate surface area is 134 Å². The van der Waals surface area contributed by atoms with E-state index in [0.29, 0.717) is 12.5 Å². The van der Waals surface area contributed by atoms with Crippen molar-refractivity contribution in [3.05, 3.63) is 42.0 Å². The summed E-state index contributed by atoms with van der Waals surface area (Å²) in [6.45, 7) is 4.58. The largest absolute Gasteiger partial charge is 0.550 e. The van der Waals surface area contributed by atoms with Crippen molar-refractivity contribution in [3.8, 4) is 0 Å². The first-order chi connectivity index (χ1) is 10.9. The maximum atomic E-state index is 12.8. The molecule has 3 heterocycles. The van der Waals surface area contributed by atoms with Crippen molar-refractivity contribution in [1.29, 1.82) is 0 Å². The lowest BCUT2D eigenvalue weighted by Gasteiger charge is -2.24. The average Bonchev–Trinajstić information content (AvgIpc) is 3.15. The van der Waals surface area contributed by atoms with Crippen LogP contribution < -0.4 is 10.0 Å². The Morgan fingerprint density at radius 2 is 2.04 bits per heavy atom. The van der Waals surface area contributed by atoms with Gasteiger partial charge in [-0.15, -0.1) is 0 Å². The third-order valence-corrected chi connectivity index (χ3v) is 5.24. The second kappa shape index (κ2) is 4.68. The van der Waals surface area contributed by atoms with Crippen LogP contribution in [0.2, 0.25) is 0 Å². The third kappa shape index (κ3) is 1.89. The topological polar surface area (TPSA) is 69.7 Å². The molecule has 23 heavy (non-hydrogen) atoms. The van der Waals surface area contributed by atoms with Crippen molar-refractivity contribution in [1.82, 2.24) is 0 Å². The lowest BCUT2D eigenvalue weighted by molar-refractivity contribution is -0.313. The molecule has 0 saturated carbocycles. The van der Waals surface area contributed by atoms with Gasteiger partial charge in [-0.1, -0.05) is 38.1 Å². The quantitative estimate of drug-likeness (QED) is 0.776. The highest BCUT2D eigenvalue weighted by atomic mass is 16.5. The molecule has 1 aromatic rings. The molecule has 1 spiro atoms. The smallest absolute Gasteiger partial charge is 0.234 e. The minimum absolute atomic E-state index is 0.191. The van der Waals surface area contributed by atoms with Gasteiger partial charge < -0.3 is 19.5 Å². The summed E-state index contributed by atoms with van der Waals surface area (Å²) in [5.41, 5.74) is 1.16. The van der Waals surface area contributed by atoms with E-state index in [-0.39, 0.29) is 5.91 Å². The summed E-state index contributed by atoms with van der Waals surface area (Å²) in [6.07, 6.45) is 3.05. The summed E-state index contributed by atoms with van der Waals surface area (Å²) in [6, 6.07) is 7.83. The van der Waals surface area contributed by atoms with Crippen LogP contribution >= 0.6 is 0 Å². The maximum absolute atomic E-state index is 12.8. The van der Waals surface area contributed by atoms with Crippen LogP contribution in [0.3, 0.4) is 0 Å². The number of anilines is 1. The van der Waals surface area contributed by atoms with Gasteiger partial charge in [0.2, 0.25) is 5.91 Å². The van der Waals surface area contributed by atoms with E-state index in [2.05, 4.69) is 13.8 Å². The SMILES string of the molecule is CC(C)c1ccc(N2C[C@@]34C=C[C@H](O3)[C@H](C(=O)[O-])[C@H]4C2=O)cc1. The van der Waals surface area contributed by atoms with Crippen molar-refractivity contribution < 1.29 is 19.4 Å². The fourth-order valence-corrected chi connectivity index (χ4v) is 4.03. The van der Waals surface area contributed by atoms with Gasteiger partial charge in [-0.25, -0.2) is 0 Å². The summed E-state index contributed by atoms with van der Waals surface area (Å²) in [5, 5.41) is 11.4. The van der Waals surface area contributed by atoms with Gasteiger partial charge in [0, 0.05) is 17.6 Å². The summed E-state index contributed by atoms with van der Waals surface area (Å²) >= 11 is 0. The molecule has 5 nitrogen and oxygen atoms in total. The first kappa shape index (κ1) is 14.5. The molecule has 0 unspecified atom stereocenters. The zero-order chi connectivity index (χ0) is 16.4. The molecule has 1 aromatic carbocycles. The number of hydrogen-bond donors (Lipinski definition) is 0. The zero-order valence-corrected chi connectivity index (χ0v) is 13.1. The number of carboxylic acid groups (broad SMARTS) is 1. The van der Waals surface area contributed by atoms with Gasteiger partial charge in [0.1, 0.15) is 5.60 Å². The first-order valence-corrected chi connectivity index (χ1v) is 7.92. The van der Waals surface area contributed by atoms with Crippen molar-refractivity contribution in [2.75, 3.05) is 11.4 Å². The molecule has 0 aliphatic carbocycles. The molecule has 4 atom stereocenters. The van der Waals surface area contributed by atoms with Crippen LogP contribution in [0.25, 0.3) is 0 Å². The van der Waals surface area contributed by atoms with Gasteiger partial charge in [-0.3, -0.25) is 4.79 Å². The Kier molecular flexibility index (Phi) is 2.94. The Bertz CT molecular complexity index is 708. The van der Waals surface area contributed by atoms with Crippen LogP contribution in [0.4, 0.5) is 5.69 Å². The number of rotatable bonds is 3. The molecular formula is C18H18NO4-. The Hall–Kier alpha value is -2.14. The number of carbonyl (C=O) groups excluding carboxylic acids is 2. The van der Waals surface area contributed by atoms with Gasteiger partial charge in [-0.05, 0) is 23.6 Å². The molecule has 3 aliphatic heterocycles. The third-order valence-electron chi connectivity index (χ3n) is 5.24. The number of ether oxygens (including phenoxy) is 1. The number of nitrogens with zero attached hydrogens (tertiary/aromatic N) is 1. The molecule has 4 rings (SSSR count). The summed E-state index contributed by atoms with van der Waals surface area (Å²) in [5.74, 6) is -2.57. The monoisotopic (exact) mass is 312 g/mol. The van der Waals surface area contributed by atoms with E-state index in [0.717, 1.165) is 5.69 Å². The zero-order valence-electron chi connectivity index (χ0n) is 13.1. The molecule has 2 saturated heterocycles. The van der Waals surface area contributed by atoms with Gasteiger partial charge in [0.25, 0.3) is 0 Å². The van der Waals surface area contributed by atoms with Crippen molar-refractivity contribution in [3.63, 3.8) is 0 Å². The molecule has 2 fully saturated rings. The van der Waals surface area contributed by atoms with Crippen LogP contribution in [0.15, 0.2) is 36.4 Å². The minimum Gasteiger partial charge on any atom is -0.550 e. The normalized spacial score (nSPS) is 34.5. The number of fused-ring (bicyclic) bond motifs is 1. The second-order valence-corrected chi connectivity index (χ2v) is 6.89. The molecule has 5 heteroatoms. The molecule has 120 valence electrons. The maximum Gasteiger partial charge on any atom is 0.234 e. The lowest BCUT2D eigenvalue weighted by Crippen LogP contribution is -2.45. The van der Waals surface area contributed by atoms with E-state index in [9.17, 15) is 14.7 Å². The van der Waals surface area contributed by atoms with Crippen LogP contribution in [0.5, 0.6) is 0 Å². The Balaban J connectivity index is 1.67. The van der Waals surface area contributed by atoms with E-state index in [1.807, 2.05) is 30.3 Å². The molecule has 0 N–H and O–H groups in total. The van der Waals surface area contributed by atoms with E-state index in [4.69, 9.17) is 4.74 Å². The molecule has 0 radical (unpaired) electrons. The van der Waals surface area contributed by atoms with E-state index >= 15 is 0 Å². The summed E-state index contributed by atoms with van der Waals surface area (Å²) < 4.78 is 5.85. The number of aliphatic carboxylic acids is 1. The highest BCUT2D eigenvalue weighted by Crippen LogP contribution is 2.52. The number of hydrogen-bond acceptors (Lipinski definition) is 4. The molecular weight excluding hydrogens is 294 g/mol. The number of amides is 1. The summed E-state index contributed by atoms with van der Waals surface area (Å²) in [4.78, 5) is 25.9. The van der Waals surface area contributed by atoms with Crippen LogP contribution in [-0.2, 0) is 14.3 Å². The highest BCUT2D eigenvalue weighted by Gasteiger charge is 2.65. The average molecular weight is 312 g/mol. The number of carboxylic acids is 1. The van der Waals surface area contributed by atoms with Crippen LogP contribution in [0.1, 0.15) is 25.3 Å². The minimum atomic E-state index is -1.21.